The molecule has 5 nitrogen and oxygen atoms in total. The van der Waals surface area contributed by atoms with Crippen LogP contribution in [0.4, 0.5) is 0 Å². The van der Waals surface area contributed by atoms with Crippen LogP contribution >= 0.6 is 0 Å². The van der Waals surface area contributed by atoms with Crippen molar-refractivity contribution in [1.82, 2.24) is 14.7 Å². The van der Waals surface area contributed by atoms with E-state index in [1.807, 2.05) is 37.3 Å². The van der Waals surface area contributed by atoms with Gasteiger partial charge in [-0.05, 0) is 25.0 Å². The van der Waals surface area contributed by atoms with Crippen LogP contribution in [0.5, 0.6) is 0 Å². The van der Waals surface area contributed by atoms with Crippen LogP contribution in [0.25, 0.3) is 0 Å². The number of hydrogen-bond donors (Lipinski definition) is 0. The van der Waals surface area contributed by atoms with Gasteiger partial charge in [0, 0.05) is 31.8 Å². The summed E-state index contributed by atoms with van der Waals surface area (Å²) < 4.78 is 7.36. The lowest BCUT2D eigenvalue weighted by atomic mass is 10.1. The molecule has 0 bridgehead atoms. The lowest BCUT2D eigenvalue weighted by Gasteiger charge is -2.22. The van der Waals surface area contributed by atoms with Gasteiger partial charge in [0.15, 0.2) is 5.76 Å². The van der Waals surface area contributed by atoms with E-state index < -0.39 is 0 Å². The van der Waals surface area contributed by atoms with E-state index in [9.17, 15) is 4.79 Å². The van der Waals surface area contributed by atoms with E-state index >= 15 is 0 Å². The molecular formula is C15H19N3O2. The Morgan fingerprint density at radius 3 is 3.00 bits per heavy atom. The number of hydrogen-bond acceptors (Lipinski definition) is 3. The topological polar surface area (TPSA) is 51.3 Å². The second kappa shape index (κ2) is 5.15. The minimum absolute atomic E-state index is 0.0175. The average molecular weight is 273 g/mol. The highest BCUT2D eigenvalue weighted by Gasteiger charge is 2.32. The highest BCUT2D eigenvalue weighted by Crippen LogP contribution is 2.33. The molecule has 1 aliphatic heterocycles. The van der Waals surface area contributed by atoms with Gasteiger partial charge < -0.3 is 9.32 Å². The lowest BCUT2D eigenvalue weighted by Crippen LogP contribution is -2.30. The second-order valence-corrected chi connectivity index (χ2v) is 5.22. The Kier molecular flexibility index (Phi) is 3.34. The summed E-state index contributed by atoms with van der Waals surface area (Å²) in [6.07, 6.45) is 6.64. The molecule has 1 atom stereocenters. The number of aryl methyl sites for hydroxylation is 2. The van der Waals surface area contributed by atoms with E-state index in [1.54, 1.807) is 10.7 Å². The van der Waals surface area contributed by atoms with Crippen LogP contribution in [0.3, 0.4) is 0 Å². The molecule has 1 amide bonds. The van der Waals surface area contributed by atoms with Gasteiger partial charge in [-0.3, -0.25) is 9.48 Å². The monoisotopic (exact) mass is 273 g/mol. The Morgan fingerprint density at radius 1 is 1.50 bits per heavy atom. The first-order valence-corrected chi connectivity index (χ1v) is 7.07. The second-order valence-electron chi connectivity index (χ2n) is 5.22. The molecule has 0 saturated carbocycles. The van der Waals surface area contributed by atoms with Crippen molar-refractivity contribution >= 4 is 5.91 Å². The van der Waals surface area contributed by atoms with Gasteiger partial charge in [-0.15, -0.1) is 0 Å². The molecule has 5 heteroatoms. The highest BCUT2D eigenvalue weighted by molar-refractivity contribution is 5.92. The van der Waals surface area contributed by atoms with Crippen molar-refractivity contribution in [1.29, 1.82) is 0 Å². The molecule has 3 heterocycles. The van der Waals surface area contributed by atoms with Gasteiger partial charge in [0.1, 0.15) is 5.76 Å². The smallest absolute Gasteiger partial charge is 0.290 e. The third kappa shape index (κ3) is 2.24. The molecule has 0 radical (unpaired) electrons. The molecule has 2 aromatic heterocycles. The van der Waals surface area contributed by atoms with Crippen LogP contribution in [0, 0.1) is 0 Å². The van der Waals surface area contributed by atoms with E-state index in [0.717, 1.165) is 37.1 Å². The number of furan rings is 1. The van der Waals surface area contributed by atoms with Crippen molar-refractivity contribution in [2.75, 3.05) is 6.54 Å². The van der Waals surface area contributed by atoms with Crippen LogP contribution in [0.2, 0.25) is 0 Å². The zero-order chi connectivity index (χ0) is 14.1. The number of carbonyl (C=O) groups excluding carboxylic acids is 1. The predicted molar refractivity (Wildman–Crippen MR) is 74.3 cm³/mol. The summed E-state index contributed by atoms with van der Waals surface area (Å²) in [6, 6.07) is 3.77. The van der Waals surface area contributed by atoms with Gasteiger partial charge in [-0.25, -0.2) is 0 Å². The molecule has 1 fully saturated rings. The molecule has 0 unspecified atom stereocenters. The molecule has 20 heavy (non-hydrogen) atoms. The fraction of sp³-hybridized carbons (Fsp3) is 0.467. The van der Waals surface area contributed by atoms with Gasteiger partial charge in [0.25, 0.3) is 5.91 Å². The molecule has 1 saturated heterocycles. The summed E-state index contributed by atoms with van der Waals surface area (Å²) in [5.74, 6) is 1.28. The maximum atomic E-state index is 12.6. The largest absolute Gasteiger partial charge is 0.456 e. The molecule has 2 aromatic rings. The maximum absolute atomic E-state index is 12.6. The third-order valence-electron chi connectivity index (χ3n) is 3.84. The highest BCUT2D eigenvalue weighted by atomic mass is 16.4. The zero-order valence-corrected chi connectivity index (χ0v) is 11.9. The van der Waals surface area contributed by atoms with Crippen LogP contribution in [0.1, 0.15) is 47.7 Å². The third-order valence-corrected chi connectivity index (χ3v) is 3.84. The average Bonchev–Trinajstić information content (AvgIpc) is 3.17. The molecule has 0 N–H and O–H groups in total. The minimum Gasteiger partial charge on any atom is -0.456 e. The number of amides is 1. The normalized spacial score (nSPS) is 18.7. The number of rotatable bonds is 3. The summed E-state index contributed by atoms with van der Waals surface area (Å²) >= 11 is 0. The van der Waals surface area contributed by atoms with Gasteiger partial charge in [0.05, 0.1) is 12.2 Å². The molecule has 106 valence electrons. The van der Waals surface area contributed by atoms with E-state index in [0.29, 0.717) is 5.76 Å². The Labute approximate surface area is 118 Å². The van der Waals surface area contributed by atoms with E-state index in [2.05, 4.69) is 5.10 Å². The van der Waals surface area contributed by atoms with Crippen molar-refractivity contribution in [3.05, 3.63) is 41.6 Å². The molecule has 0 aromatic carbocycles. The Morgan fingerprint density at radius 2 is 2.35 bits per heavy atom. The van der Waals surface area contributed by atoms with Crippen LogP contribution in [-0.4, -0.2) is 27.1 Å². The quantitative estimate of drug-likeness (QED) is 0.863. The van der Waals surface area contributed by atoms with Gasteiger partial charge in [-0.2, -0.15) is 5.10 Å². The Hall–Kier alpha value is -2.04. The van der Waals surface area contributed by atoms with Crippen molar-refractivity contribution < 1.29 is 9.21 Å². The summed E-state index contributed by atoms with van der Waals surface area (Å²) in [7, 11) is 1.89. The van der Waals surface area contributed by atoms with Gasteiger partial charge >= 0.3 is 0 Å². The summed E-state index contributed by atoms with van der Waals surface area (Å²) in [6.45, 7) is 2.79. The minimum atomic E-state index is -0.0175. The van der Waals surface area contributed by atoms with E-state index in [1.165, 1.54) is 0 Å². The van der Waals surface area contributed by atoms with Crippen molar-refractivity contribution in [3.63, 3.8) is 0 Å². The molecule has 0 spiro atoms. The standard InChI is InChI=1S/C15H19N3O2/c1-3-12-6-7-14(20-12)15(19)18-8-4-5-13(18)11-9-16-17(2)10-11/h6-7,9-10,13H,3-5,8H2,1-2H3/t13-/m1/s1. The Bertz CT molecular complexity index is 614. The summed E-state index contributed by atoms with van der Waals surface area (Å²) in [5, 5.41) is 4.20. The number of nitrogens with zero attached hydrogens (tertiary/aromatic N) is 3. The lowest BCUT2D eigenvalue weighted by molar-refractivity contribution is 0.0701. The summed E-state index contributed by atoms with van der Waals surface area (Å²) in [5.41, 5.74) is 1.10. The summed E-state index contributed by atoms with van der Waals surface area (Å²) in [4.78, 5) is 14.5. The van der Waals surface area contributed by atoms with Gasteiger partial charge in [-0.1, -0.05) is 6.92 Å². The first-order valence-electron chi connectivity index (χ1n) is 7.07. The number of likely N-dealkylation sites (tertiary alicyclic amines) is 1. The van der Waals surface area contributed by atoms with Crippen molar-refractivity contribution in [2.45, 2.75) is 32.2 Å². The van der Waals surface area contributed by atoms with E-state index in [4.69, 9.17) is 4.42 Å². The molecule has 3 rings (SSSR count). The SMILES string of the molecule is CCc1ccc(C(=O)N2CCC[C@@H]2c2cnn(C)c2)o1. The molecule has 1 aliphatic rings. The first kappa shape index (κ1) is 13.0. The van der Waals surface area contributed by atoms with Crippen LogP contribution in [0.15, 0.2) is 28.9 Å². The van der Waals surface area contributed by atoms with Crippen molar-refractivity contribution in [3.8, 4) is 0 Å². The van der Waals surface area contributed by atoms with Crippen LogP contribution < -0.4 is 0 Å². The zero-order valence-electron chi connectivity index (χ0n) is 11.9. The molecule has 0 aliphatic carbocycles. The fourth-order valence-electron chi connectivity index (χ4n) is 2.79. The van der Waals surface area contributed by atoms with Crippen molar-refractivity contribution in [2.24, 2.45) is 7.05 Å². The van der Waals surface area contributed by atoms with Crippen LogP contribution in [-0.2, 0) is 13.5 Å². The predicted octanol–water partition coefficient (Wildman–Crippen LogP) is 2.55. The van der Waals surface area contributed by atoms with E-state index in [-0.39, 0.29) is 11.9 Å². The molecular weight excluding hydrogens is 254 g/mol. The number of aromatic nitrogens is 2. The van der Waals surface area contributed by atoms with Gasteiger partial charge in [0.2, 0.25) is 0 Å². The number of carbonyl (C=O) groups is 1. The maximum Gasteiger partial charge on any atom is 0.290 e. The first-order chi connectivity index (χ1) is 9.69. The Balaban J connectivity index is 1.83. The fourth-order valence-corrected chi connectivity index (χ4v) is 2.79.